The van der Waals surface area contributed by atoms with Crippen molar-refractivity contribution in [1.29, 1.82) is 0 Å². The van der Waals surface area contributed by atoms with E-state index in [0.717, 1.165) is 18.2 Å². The number of alkyl halides is 6. The summed E-state index contributed by atoms with van der Waals surface area (Å²) < 4.78 is 93.2. The Hall–Kier alpha value is -3.44. The van der Waals surface area contributed by atoms with Crippen molar-refractivity contribution in [3.63, 3.8) is 0 Å². The van der Waals surface area contributed by atoms with Crippen molar-refractivity contribution in [1.82, 2.24) is 15.0 Å². The van der Waals surface area contributed by atoms with Crippen LogP contribution in [0.2, 0.25) is 0 Å². The second kappa shape index (κ2) is 10.9. The molecular formula is C25H26F7N5. The molecule has 0 radical (unpaired) electrons. The van der Waals surface area contributed by atoms with Crippen LogP contribution in [0.5, 0.6) is 0 Å². The predicted molar refractivity (Wildman–Crippen MR) is 126 cm³/mol. The first-order valence-electron chi connectivity index (χ1n) is 11.5. The molecule has 0 bridgehead atoms. The fourth-order valence-electron chi connectivity index (χ4n) is 3.75. The van der Waals surface area contributed by atoms with Crippen LogP contribution in [0.4, 0.5) is 48.1 Å². The molecular weight excluding hydrogens is 503 g/mol. The van der Waals surface area contributed by atoms with E-state index < -0.39 is 29.3 Å². The van der Waals surface area contributed by atoms with E-state index in [9.17, 15) is 30.7 Å². The Labute approximate surface area is 209 Å². The van der Waals surface area contributed by atoms with Gasteiger partial charge < -0.3 is 10.2 Å². The van der Waals surface area contributed by atoms with Gasteiger partial charge in [0.1, 0.15) is 23.3 Å². The maximum atomic E-state index is 14.1. The minimum absolute atomic E-state index is 0.0694. The van der Waals surface area contributed by atoms with Crippen LogP contribution in [0.3, 0.4) is 0 Å². The summed E-state index contributed by atoms with van der Waals surface area (Å²) in [6.45, 7) is 5.67. The number of nitrogens with zero attached hydrogens (tertiary/aromatic N) is 4. The molecule has 3 aromatic rings. The van der Waals surface area contributed by atoms with Gasteiger partial charge in [-0.2, -0.15) is 26.3 Å². The quantitative estimate of drug-likeness (QED) is 0.314. The van der Waals surface area contributed by atoms with Crippen LogP contribution in [-0.4, -0.2) is 28.5 Å². The van der Waals surface area contributed by atoms with E-state index in [-0.39, 0.29) is 30.4 Å². The van der Waals surface area contributed by atoms with Crippen molar-refractivity contribution in [2.24, 2.45) is 0 Å². The molecule has 0 fully saturated rings. The fraction of sp³-hybridized carbons (Fsp3) is 0.400. The maximum absolute atomic E-state index is 14.1. The number of pyridine rings is 1. The first-order chi connectivity index (χ1) is 17.2. The summed E-state index contributed by atoms with van der Waals surface area (Å²) in [5.41, 5.74) is -0.983. The summed E-state index contributed by atoms with van der Waals surface area (Å²) in [6.07, 6.45) is -7.45. The lowest BCUT2D eigenvalue weighted by atomic mass is 10.1. The molecule has 1 N–H and O–H groups in total. The van der Waals surface area contributed by atoms with Gasteiger partial charge in [0.2, 0.25) is 0 Å². The van der Waals surface area contributed by atoms with E-state index in [1.807, 2.05) is 20.8 Å². The highest BCUT2D eigenvalue weighted by Crippen LogP contribution is 2.35. The molecule has 0 saturated heterocycles. The zero-order chi connectivity index (χ0) is 27.5. The zero-order valence-corrected chi connectivity index (χ0v) is 20.6. The van der Waals surface area contributed by atoms with Gasteiger partial charge in [-0.25, -0.2) is 19.3 Å². The number of benzene rings is 1. The minimum atomic E-state index is -4.82. The molecule has 1 aromatic carbocycles. The van der Waals surface area contributed by atoms with Crippen LogP contribution in [-0.2, 0) is 25.2 Å². The molecule has 5 nitrogen and oxygen atoms in total. The Bertz CT molecular complexity index is 1240. The van der Waals surface area contributed by atoms with Gasteiger partial charge in [0.25, 0.3) is 0 Å². The van der Waals surface area contributed by atoms with Crippen molar-refractivity contribution in [2.45, 2.75) is 51.9 Å². The lowest BCUT2D eigenvalue weighted by molar-refractivity contribution is -0.140. The number of aromatic nitrogens is 3. The molecule has 0 aliphatic heterocycles. The van der Waals surface area contributed by atoms with Crippen LogP contribution < -0.4 is 10.2 Å². The molecule has 2 heterocycles. The average Bonchev–Trinajstić information content (AvgIpc) is 2.80. The lowest BCUT2D eigenvalue weighted by Crippen LogP contribution is -2.26. The number of anilines is 3. The van der Waals surface area contributed by atoms with E-state index >= 15 is 0 Å². The topological polar surface area (TPSA) is 53.9 Å². The molecule has 0 spiro atoms. The van der Waals surface area contributed by atoms with Crippen molar-refractivity contribution in [3.05, 3.63) is 70.6 Å². The van der Waals surface area contributed by atoms with Crippen LogP contribution in [0, 0.1) is 5.82 Å². The van der Waals surface area contributed by atoms with Gasteiger partial charge in [0.05, 0.1) is 16.8 Å². The summed E-state index contributed by atoms with van der Waals surface area (Å²) in [4.78, 5) is 14.4. The highest BCUT2D eigenvalue weighted by Gasteiger charge is 2.35. The van der Waals surface area contributed by atoms with Crippen LogP contribution in [0.1, 0.15) is 54.9 Å². The monoisotopic (exact) mass is 529 g/mol. The largest absolute Gasteiger partial charge is 0.419 e. The standard InChI is InChI=1S/C25H26F7N5/c1-5-16-20(10-12-37(4)23-18(25(30,31)32)7-6-11-33-23)35-21(14(2)3)36-22(16)34-15-8-9-17(19(26)13-15)24(27,28)29/h6-9,11,13-14H,5,10,12H2,1-4H3,(H,34,35,36). The number of rotatable bonds is 8. The Morgan fingerprint density at radius 1 is 0.973 bits per heavy atom. The number of likely N-dealkylation sites (N-methyl/N-ethyl adjacent to an activating group) is 1. The zero-order valence-electron chi connectivity index (χ0n) is 20.6. The third-order valence-electron chi connectivity index (χ3n) is 5.65. The first kappa shape index (κ1) is 28.1. The number of nitrogens with one attached hydrogen (secondary N) is 1. The van der Waals surface area contributed by atoms with Gasteiger partial charge in [-0.05, 0) is 36.8 Å². The van der Waals surface area contributed by atoms with Gasteiger partial charge in [-0.15, -0.1) is 0 Å². The SMILES string of the molecule is CCc1c(CCN(C)c2ncccc2C(F)(F)F)nc(C(C)C)nc1Nc1ccc(C(F)(F)F)c(F)c1. The van der Waals surface area contributed by atoms with Gasteiger partial charge >= 0.3 is 12.4 Å². The van der Waals surface area contributed by atoms with Crippen molar-refractivity contribution in [3.8, 4) is 0 Å². The Kier molecular flexibility index (Phi) is 8.28. The van der Waals surface area contributed by atoms with Gasteiger partial charge in [-0.1, -0.05) is 20.8 Å². The third kappa shape index (κ3) is 6.66. The molecule has 200 valence electrons. The minimum Gasteiger partial charge on any atom is -0.359 e. The molecule has 0 saturated carbocycles. The summed E-state index contributed by atoms with van der Waals surface area (Å²) >= 11 is 0. The van der Waals surface area contributed by atoms with E-state index in [1.54, 1.807) is 0 Å². The number of hydrogen-bond donors (Lipinski definition) is 1. The molecule has 0 aliphatic rings. The highest BCUT2D eigenvalue weighted by molar-refractivity contribution is 5.61. The van der Waals surface area contributed by atoms with E-state index in [2.05, 4.69) is 20.3 Å². The van der Waals surface area contributed by atoms with Crippen LogP contribution in [0.15, 0.2) is 36.5 Å². The molecule has 2 aromatic heterocycles. The van der Waals surface area contributed by atoms with Gasteiger partial charge in [0, 0.05) is 43.4 Å². The molecule has 0 amide bonds. The second-order valence-electron chi connectivity index (χ2n) is 8.73. The summed E-state index contributed by atoms with van der Waals surface area (Å²) in [5, 5.41) is 2.89. The molecule has 0 aliphatic carbocycles. The first-order valence-corrected chi connectivity index (χ1v) is 11.5. The normalized spacial score (nSPS) is 12.2. The number of halogens is 7. The van der Waals surface area contributed by atoms with E-state index in [4.69, 9.17) is 0 Å². The van der Waals surface area contributed by atoms with Crippen molar-refractivity contribution >= 4 is 17.3 Å². The molecule has 0 atom stereocenters. The summed E-state index contributed by atoms with van der Waals surface area (Å²) in [5.74, 6) is -1.04. The maximum Gasteiger partial charge on any atom is 0.419 e. The smallest absolute Gasteiger partial charge is 0.359 e. The molecule has 12 heteroatoms. The van der Waals surface area contributed by atoms with Gasteiger partial charge in [-0.3, -0.25) is 0 Å². The predicted octanol–water partition coefficient (Wildman–Crippen LogP) is 7.16. The van der Waals surface area contributed by atoms with Crippen LogP contribution in [0.25, 0.3) is 0 Å². The number of hydrogen-bond acceptors (Lipinski definition) is 5. The fourth-order valence-corrected chi connectivity index (χ4v) is 3.75. The van der Waals surface area contributed by atoms with Gasteiger partial charge in [0.15, 0.2) is 0 Å². The summed E-state index contributed by atoms with van der Waals surface area (Å²) in [7, 11) is 1.50. The van der Waals surface area contributed by atoms with Crippen molar-refractivity contribution in [2.75, 3.05) is 23.8 Å². The lowest BCUT2D eigenvalue weighted by Gasteiger charge is -2.23. The Morgan fingerprint density at radius 3 is 2.22 bits per heavy atom. The Morgan fingerprint density at radius 2 is 1.65 bits per heavy atom. The molecule has 37 heavy (non-hydrogen) atoms. The molecule has 0 unspecified atom stereocenters. The highest BCUT2D eigenvalue weighted by atomic mass is 19.4. The van der Waals surface area contributed by atoms with E-state index in [0.29, 0.717) is 35.4 Å². The average molecular weight is 530 g/mol. The second-order valence-corrected chi connectivity index (χ2v) is 8.73. The molecule has 3 rings (SSSR count). The van der Waals surface area contributed by atoms with Crippen molar-refractivity contribution < 1.29 is 30.7 Å². The van der Waals surface area contributed by atoms with E-state index in [1.165, 1.54) is 24.2 Å². The third-order valence-corrected chi connectivity index (χ3v) is 5.65. The Balaban J connectivity index is 1.93. The summed E-state index contributed by atoms with van der Waals surface area (Å²) in [6, 6.07) is 4.68. The van der Waals surface area contributed by atoms with Crippen LogP contribution >= 0.6 is 0 Å².